The van der Waals surface area contributed by atoms with Crippen molar-refractivity contribution >= 4 is 21.6 Å². The molecule has 0 unspecified atom stereocenters. The summed E-state index contributed by atoms with van der Waals surface area (Å²) in [7, 11) is 3.29. The van der Waals surface area contributed by atoms with Gasteiger partial charge in [0.05, 0.1) is 26.1 Å². The molecule has 2 rings (SSSR count). The van der Waals surface area contributed by atoms with Gasteiger partial charge >= 0.3 is 0 Å². The third-order valence-electron chi connectivity index (χ3n) is 2.68. The molecule has 0 spiro atoms. The zero-order chi connectivity index (χ0) is 13.7. The molecule has 4 nitrogen and oxygen atoms in total. The summed E-state index contributed by atoms with van der Waals surface area (Å²) >= 11 is 3.39. The van der Waals surface area contributed by atoms with E-state index < -0.39 is 0 Å². The van der Waals surface area contributed by atoms with Crippen LogP contribution in [0.4, 0.5) is 5.69 Å². The summed E-state index contributed by atoms with van der Waals surface area (Å²) in [5, 5.41) is 3.30. The Labute approximate surface area is 120 Å². The average Bonchev–Trinajstić information content (AvgIpc) is 2.45. The maximum atomic E-state index is 5.36. The fourth-order valence-electron chi connectivity index (χ4n) is 1.70. The van der Waals surface area contributed by atoms with Gasteiger partial charge in [-0.2, -0.15) is 0 Å². The summed E-state index contributed by atoms with van der Waals surface area (Å²) < 4.78 is 11.5. The second-order valence-electron chi connectivity index (χ2n) is 3.92. The van der Waals surface area contributed by atoms with Crippen molar-refractivity contribution in [2.45, 2.75) is 6.54 Å². The normalized spacial score (nSPS) is 10.1. The fraction of sp³-hybridized carbons (Fsp3) is 0.214. The maximum Gasteiger partial charge on any atom is 0.127 e. The molecule has 0 saturated heterocycles. The van der Waals surface area contributed by atoms with Gasteiger partial charge in [0.15, 0.2) is 0 Å². The summed E-state index contributed by atoms with van der Waals surface area (Å²) in [6.07, 6.45) is 3.53. The first kappa shape index (κ1) is 13.7. The third kappa shape index (κ3) is 3.61. The molecule has 1 heterocycles. The molecule has 0 aliphatic carbocycles. The number of hydrogen-bond donors (Lipinski definition) is 1. The first-order valence-corrected chi connectivity index (χ1v) is 6.57. The number of pyridine rings is 1. The van der Waals surface area contributed by atoms with Crippen LogP contribution in [0.2, 0.25) is 0 Å². The maximum absolute atomic E-state index is 5.36. The van der Waals surface area contributed by atoms with E-state index in [1.165, 1.54) is 0 Å². The molecule has 0 bridgehead atoms. The summed E-state index contributed by atoms with van der Waals surface area (Å²) in [6.45, 7) is 0.658. The van der Waals surface area contributed by atoms with E-state index in [0.717, 1.165) is 27.2 Å². The van der Waals surface area contributed by atoms with E-state index in [0.29, 0.717) is 6.54 Å². The smallest absolute Gasteiger partial charge is 0.127 e. The minimum Gasteiger partial charge on any atom is -0.497 e. The predicted octanol–water partition coefficient (Wildman–Crippen LogP) is 3.47. The zero-order valence-electron chi connectivity index (χ0n) is 10.8. The Bertz CT molecular complexity index is 561. The van der Waals surface area contributed by atoms with Crippen molar-refractivity contribution in [3.8, 4) is 11.5 Å². The largest absolute Gasteiger partial charge is 0.497 e. The van der Waals surface area contributed by atoms with E-state index in [4.69, 9.17) is 9.47 Å². The number of nitrogens with zero attached hydrogens (tertiary/aromatic N) is 1. The van der Waals surface area contributed by atoms with Gasteiger partial charge in [0, 0.05) is 28.8 Å². The van der Waals surface area contributed by atoms with Crippen molar-refractivity contribution in [3.63, 3.8) is 0 Å². The van der Waals surface area contributed by atoms with Crippen LogP contribution in [0.3, 0.4) is 0 Å². The quantitative estimate of drug-likeness (QED) is 0.915. The van der Waals surface area contributed by atoms with E-state index in [9.17, 15) is 0 Å². The second-order valence-corrected chi connectivity index (χ2v) is 4.84. The monoisotopic (exact) mass is 322 g/mol. The lowest BCUT2D eigenvalue weighted by molar-refractivity contribution is 0.391. The van der Waals surface area contributed by atoms with Gasteiger partial charge < -0.3 is 14.8 Å². The molecule has 0 amide bonds. The minimum atomic E-state index is 0.658. The number of anilines is 1. The van der Waals surface area contributed by atoms with Gasteiger partial charge in [0.1, 0.15) is 11.5 Å². The van der Waals surface area contributed by atoms with Crippen molar-refractivity contribution in [2.75, 3.05) is 19.5 Å². The van der Waals surface area contributed by atoms with E-state index in [1.807, 2.05) is 24.3 Å². The van der Waals surface area contributed by atoms with Crippen LogP contribution in [0.25, 0.3) is 0 Å². The molecule has 0 fully saturated rings. The molecule has 100 valence electrons. The first-order chi connectivity index (χ1) is 9.22. The van der Waals surface area contributed by atoms with Crippen LogP contribution in [0.1, 0.15) is 5.56 Å². The van der Waals surface area contributed by atoms with Gasteiger partial charge in [-0.25, -0.2) is 0 Å². The highest BCUT2D eigenvalue weighted by Crippen LogP contribution is 2.25. The van der Waals surface area contributed by atoms with E-state index in [1.54, 1.807) is 26.6 Å². The topological polar surface area (TPSA) is 43.4 Å². The summed E-state index contributed by atoms with van der Waals surface area (Å²) in [6, 6.07) is 7.74. The van der Waals surface area contributed by atoms with Crippen LogP contribution >= 0.6 is 15.9 Å². The Morgan fingerprint density at radius 1 is 1.16 bits per heavy atom. The Kier molecular flexibility index (Phi) is 4.63. The standard InChI is InChI=1S/C14H15BrN2O2/c1-18-13-4-3-10(14(6-13)19-2)7-17-12-5-11(15)8-16-9-12/h3-6,8-9,17H,7H2,1-2H3. The van der Waals surface area contributed by atoms with Gasteiger partial charge in [-0.1, -0.05) is 0 Å². The van der Waals surface area contributed by atoms with Crippen LogP contribution < -0.4 is 14.8 Å². The van der Waals surface area contributed by atoms with Crippen LogP contribution in [0, 0.1) is 0 Å². The fourth-order valence-corrected chi connectivity index (χ4v) is 2.07. The summed E-state index contributed by atoms with van der Waals surface area (Å²) in [5.74, 6) is 1.58. The third-order valence-corrected chi connectivity index (χ3v) is 3.12. The van der Waals surface area contributed by atoms with E-state index in [-0.39, 0.29) is 0 Å². The number of nitrogens with one attached hydrogen (secondary N) is 1. The number of ether oxygens (including phenoxy) is 2. The number of halogens is 1. The van der Waals surface area contributed by atoms with Crippen molar-refractivity contribution in [1.82, 2.24) is 4.98 Å². The van der Waals surface area contributed by atoms with Crippen LogP contribution in [0.15, 0.2) is 41.1 Å². The second kappa shape index (κ2) is 6.43. The van der Waals surface area contributed by atoms with Crippen molar-refractivity contribution in [2.24, 2.45) is 0 Å². The highest BCUT2D eigenvalue weighted by molar-refractivity contribution is 9.10. The van der Waals surface area contributed by atoms with Gasteiger partial charge in [-0.05, 0) is 34.1 Å². The molecule has 0 atom stereocenters. The molecule has 2 aromatic rings. The van der Waals surface area contributed by atoms with Gasteiger partial charge in [-0.15, -0.1) is 0 Å². The predicted molar refractivity (Wildman–Crippen MR) is 78.8 cm³/mol. The Hall–Kier alpha value is -1.75. The van der Waals surface area contributed by atoms with Gasteiger partial charge in [0.25, 0.3) is 0 Å². The average molecular weight is 323 g/mol. The molecule has 1 aromatic heterocycles. The number of methoxy groups -OCH3 is 2. The molecular formula is C14H15BrN2O2. The van der Waals surface area contributed by atoms with E-state index >= 15 is 0 Å². The Morgan fingerprint density at radius 3 is 2.68 bits per heavy atom. The van der Waals surface area contributed by atoms with E-state index in [2.05, 4.69) is 26.2 Å². The molecule has 0 saturated carbocycles. The molecular weight excluding hydrogens is 308 g/mol. The molecule has 5 heteroatoms. The molecule has 19 heavy (non-hydrogen) atoms. The Morgan fingerprint density at radius 2 is 2.00 bits per heavy atom. The molecule has 1 N–H and O–H groups in total. The number of rotatable bonds is 5. The lowest BCUT2D eigenvalue weighted by Gasteiger charge is -2.12. The molecule has 0 radical (unpaired) electrons. The van der Waals surface area contributed by atoms with Crippen molar-refractivity contribution in [1.29, 1.82) is 0 Å². The van der Waals surface area contributed by atoms with Gasteiger partial charge in [0.2, 0.25) is 0 Å². The number of hydrogen-bond acceptors (Lipinski definition) is 4. The number of benzene rings is 1. The molecule has 1 aromatic carbocycles. The Balaban J connectivity index is 2.11. The zero-order valence-corrected chi connectivity index (χ0v) is 12.4. The summed E-state index contributed by atoms with van der Waals surface area (Å²) in [5.41, 5.74) is 2.01. The molecule has 0 aliphatic rings. The minimum absolute atomic E-state index is 0.658. The van der Waals surface area contributed by atoms with Crippen LogP contribution in [-0.2, 0) is 6.54 Å². The summed E-state index contributed by atoms with van der Waals surface area (Å²) in [4.78, 5) is 4.11. The van der Waals surface area contributed by atoms with Crippen molar-refractivity contribution < 1.29 is 9.47 Å². The van der Waals surface area contributed by atoms with Crippen LogP contribution in [0.5, 0.6) is 11.5 Å². The lowest BCUT2D eigenvalue weighted by Crippen LogP contribution is -2.02. The SMILES string of the molecule is COc1ccc(CNc2cncc(Br)c2)c(OC)c1. The number of aromatic nitrogens is 1. The van der Waals surface area contributed by atoms with Crippen molar-refractivity contribution in [3.05, 3.63) is 46.7 Å². The lowest BCUT2D eigenvalue weighted by atomic mass is 10.2. The highest BCUT2D eigenvalue weighted by atomic mass is 79.9. The van der Waals surface area contributed by atoms with Gasteiger partial charge in [-0.3, -0.25) is 4.98 Å². The highest BCUT2D eigenvalue weighted by Gasteiger charge is 2.05. The molecule has 0 aliphatic heterocycles. The van der Waals surface area contributed by atoms with Crippen LogP contribution in [-0.4, -0.2) is 19.2 Å². The first-order valence-electron chi connectivity index (χ1n) is 5.78.